The molecule has 0 aromatic rings. The van der Waals surface area contributed by atoms with Crippen LogP contribution in [0.4, 0.5) is 9.59 Å². The van der Waals surface area contributed by atoms with Crippen LogP contribution in [-0.4, -0.2) is 18.9 Å². The van der Waals surface area contributed by atoms with Crippen molar-refractivity contribution in [1.82, 2.24) is 10.9 Å². The topological polar surface area (TPSA) is 110 Å². The van der Waals surface area contributed by atoms with E-state index < -0.39 is 11.6 Å². The molecule has 49 valence electrons. The summed E-state index contributed by atoms with van der Waals surface area (Å²) in [5, 5.41) is 0. The number of nitrogens with two attached hydrogens (primary N) is 2. The lowest BCUT2D eigenvalue weighted by molar-refractivity contribution is 0.254. The molecule has 0 atom stereocenters. The Kier molecular flexibility index (Phi) is 3.41. The molecular weight excluding hydrogens is 123 g/mol. The first-order chi connectivity index (χ1) is 4.20. The molecule has 0 saturated heterocycles. The zero-order valence-corrected chi connectivity index (χ0v) is 4.55. The van der Waals surface area contributed by atoms with Crippen molar-refractivity contribution in [3.63, 3.8) is 0 Å². The van der Waals surface area contributed by atoms with Crippen molar-refractivity contribution in [2.24, 2.45) is 11.7 Å². The third-order valence-electron chi connectivity index (χ3n) is 0.547. The van der Waals surface area contributed by atoms with Crippen LogP contribution < -0.4 is 22.5 Å². The van der Waals surface area contributed by atoms with E-state index in [1.807, 2.05) is 0 Å². The minimum Gasteiger partial charge on any atom is -0.303 e. The molecule has 7 heteroatoms. The number of hydrazine groups is 2. The Balaban J connectivity index is 3.47. The van der Waals surface area contributed by atoms with Gasteiger partial charge in [-0.05, 0) is 0 Å². The van der Waals surface area contributed by atoms with Crippen molar-refractivity contribution < 1.29 is 9.59 Å². The van der Waals surface area contributed by atoms with Crippen molar-refractivity contribution >= 4 is 18.9 Å². The molecule has 0 aliphatic rings. The summed E-state index contributed by atoms with van der Waals surface area (Å²) in [7, 11) is 0.694. The predicted octanol–water partition coefficient (Wildman–Crippen LogP) is -2.14. The van der Waals surface area contributed by atoms with Crippen LogP contribution in [-0.2, 0) is 0 Å². The molecule has 6 N–H and O–H groups in total. The smallest absolute Gasteiger partial charge is 0.303 e. The van der Waals surface area contributed by atoms with Crippen LogP contribution in [0.3, 0.4) is 0 Å². The Morgan fingerprint density at radius 3 is 1.67 bits per heavy atom. The zero-order valence-electron chi connectivity index (χ0n) is 4.55. The fourth-order valence-electron chi connectivity index (χ4n) is 0.202. The summed E-state index contributed by atoms with van der Waals surface area (Å²) in [6.07, 6.45) is 0. The van der Waals surface area contributed by atoms with Gasteiger partial charge in [-0.1, -0.05) is 0 Å². The highest BCUT2D eigenvalue weighted by Gasteiger charge is 2.08. The lowest BCUT2D eigenvalue weighted by atomic mass is 9.77. The molecule has 0 heterocycles. The Morgan fingerprint density at radius 1 is 1.11 bits per heavy atom. The van der Waals surface area contributed by atoms with Crippen molar-refractivity contribution in [3.05, 3.63) is 0 Å². The summed E-state index contributed by atoms with van der Waals surface area (Å²) in [5.74, 6) is 7.85. The molecule has 0 rings (SSSR count). The predicted molar refractivity (Wildman–Crippen MR) is 31.2 cm³/mol. The minimum absolute atomic E-state index is 0.694. The summed E-state index contributed by atoms with van der Waals surface area (Å²) in [6, 6.07) is 0. The molecule has 0 aliphatic heterocycles. The number of amides is 2. The van der Waals surface area contributed by atoms with Gasteiger partial charge < -0.3 is 10.9 Å². The molecule has 0 aromatic carbocycles. The number of rotatable bonds is 2. The van der Waals surface area contributed by atoms with Crippen LogP contribution in [0.25, 0.3) is 0 Å². The normalized spacial score (nSPS) is 7.78. The Hall–Kier alpha value is -1.08. The molecule has 1 radical (unpaired) electrons. The van der Waals surface area contributed by atoms with Gasteiger partial charge in [0.15, 0.2) is 11.6 Å². The van der Waals surface area contributed by atoms with E-state index in [0.717, 1.165) is 0 Å². The van der Waals surface area contributed by atoms with Crippen LogP contribution in [0.1, 0.15) is 0 Å². The van der Waals surface area contributed by atoms with E-state index in [4.69, 9.17) is 0 Å². The largest absolute Gasteiger partial charge is 0.353 e. The van der Waals surface area contributed by atoms with E-state index >= 15 is 0 Å². The van der Waals surface area contributed by atoms with Crippen molar-refractivity contribution in [2.75, 3.05) is 0 Å². The van der Waals surface area contributed by atoms with Gasteiger partial charge in [-0.3, -0.25) is 9.59 Å². The maximum Gasteiger partial charge on any atom is 0.353 e. The lowest BCUT2D eigenvalue weighted by Gasteiger charge is -1.94. The van der Waals surface area contributed by atoms with E-state index in [2.05, 4.69) is 11.7 Å². The second kappa shape index (κ2) is 3.87. The molecule has 0 saturated carbocycles. The third kappa shape index (κ3) is 3.50. The van der Waals surface area contributed by atoms with Gasteiger partial charge in [0, 0.05) is 0 Å². The van der Waals surface area contributed by atoms with Gasteiger partial charge in [0.1, 0.15) is 0 Å². The second-order valence-corrected chi connectivity index (χ2v) is 1.16. The van der Waals surface area contributed by atoms with Gasteiger partial charge in [0.05, 0.1) is 0 Å². The summed E-state index contributed by atoms with van der Waals surface area (Å²) in [4.78, 5) is 20.3. The molecular formula is C2H6BN4O2. The molecule has 0 bridgehead atoms. The standard InChI is InChI=1S/C2H6BN4O2/c4-6-1(8)3-2(9)7-5/h4-5H2,(H,6,8)(H,7,9). The molecule has 0 fully saturated rings. The van der Waals surface area contributed by atoms with Crippen LogP contribution >= 0.6 is 0 Å². The molecule has 0 spiro atoms. The fourth-order valence-corrected chi connectivity index (χ4v) is 0.202. The molecule has 0 aromatic heterocycles. The molecule has 0 aliphatic carbocycles. The Labute approximate surface area is 52.1 Å². The van der Waals surface area contributed by atoms with Gasteiger partial charge in [0.2, 0.25) is 0 Å². The van der Waals surface area contributed by atoms with Crippen LogP contribution in [0.5, 0.6) is 0 Å². The number of nitrogens with one attached hydrogen (secondary N) is 2. The van der Waals surface area contributed by atoms with E-state index in [-0.39, 0.29) is 0 Å². The first kappa shape index (κ1) is 7.92. The number of carbonyl (C=O) groups is 2. The third-order valence-corrected chi connectivity index (χ3v) is 0.547. The average molecular weight is 129 g/mol. The Morgan fingerprint density at radius 2 is 1.44 bits per heavy atom. The second-order valence-electron chi connectivity index (χ2n) is 1.16. The summed E-state index contributed by atoms with van der Waals surface area (Å²) in [5.41, 5.74) is 3.44. The van der Waals surface area contributed by atoms with E-state index in [1.54, 1.807) is 10.9 Å². The summed E-state index contributed by atoms with van der Waals surface area (Å²) >= 11 is 0. The number of hydrogen-bond acceptors (Lipinski definition) is 4. The van der Waals surface area contributed by atoms with Crippen LogP contribution in [0, 0.1) is 0 Å². The van der Waals surface area contributed by atoms with Gasteiger partial charge in [-0.2, -0.15) is 0 Å². The van der Waals surface area contributed by atoms with Gasteiger partial charge >= 0.3 is 7.28 Å². The quantitative estimate of drug-likeness (QED) is 0.147. The lowest BCUT2D eigenvalue weighted by Crippen LogP contribution is -2.42. The minimum atomic E-state index is -0.696. The number of hydrogen-bond donors (Lipinski definition) is 4. The maximum absolute atomic E-state index is 10.2. The Bertz CT molecular complexity index is 112. The molecule has 2 amide bonds. The first-order valence-corrected chi connectivity index (χ1v) is 2.06. The van der Waals surface area contributed by atoms with E-state index in [0.29, 0.717) is 7.28 Å². The number of carbonyl (C=O) groups excluding carboxylic acids is 2. The molecule has 9 heavy (non-hydrogen) atoms. The van der Waals surface area contributed by atoms with Crippen LogP contribution in [0.2, 0.25) is 0 Å². The molecule has 0 unspecified atom stereocenters. The highest BCUT2D eigenvalue weighted by atomic mass is 16.2. The highest BCUT2D eigenvalue weighted by Crippen LogP contribution is 1.65. The van der Waals surface area contributed by atoms with Gasteiger partial charge in [0.25, 0.3) is 0 Å². The molecule has 6 nitrogen and oxygen atoms in total. The highest BCUT2D eigenvalue weighted by molar-refractivity contribution is 6.96. The summed E-state index contributed by atoms with van der Waals surface area (Å²) < 4.78 is 0. The van der Waals surface area contributed by atoms with Gasteiger partial charge in [-0.25, -0.2) is 11.7 Å². The van der Waals surface area contributed by atoms with Crippen molar-refractivity contribution in [3.8, 4) is 0 Å². The maximum atomic E-state index is 10.2. The SMILES string of the molecule is NNC(=O)[B]C(=O)NN. The zero-order chi connectivity index (χ0) is 7.28. The van der Waals surface area contributed by atoms with Crippen molar-refractivity contribution in [2.45, 2.75) is 0 Å². The summed E-state index contributed by atoms with van der Waals surface area (Å²) in [6.45, 7) is 0. The van der Waals surface area contributed by atoms with E-state index in [9.17, 15) is 9.59 Å². The van der Waals surface area contributed by atoms with Gasteiger partial charge in [-0.15, -0.1) is 0 Å². The first-order valence-electron chi connectivity index (χ1n) is 2.06. The van der Waals surface area contributed by atoms with E-state index in [1.165, 1.54) is 0 Å². The van der Waals surface area contributed by atoms with Crippen LogP contribution in [0.15, 0.2) is 0 Å². The average Bonchev–Trinajstić information content (AvgIpc) is 1.87. The van der Waals surface area contributed by atoms with Crippen molar-refractivity contribution in [1.29, 1.82) is 0 Å². The monoisotopic (exact) mass is 129 g/mol. The fraction of sp³-hybridized carbons (Fsp3) is 0.